The molecule has 0 unspecified atom stereocenters. The highest BCUT2D eigenvalue weighted by Crippen LogP contribution is 2.21. The van der Waals surface area contributed by atoms with Crippen molar-refractivity contribution in [2.24, 2.45) is 5.73 Å². The van der Waals surface area contributed by atoms with Crippen molar-refractivity contribution in [3.63, 3.8) is 0 Å². The second kappa shape index (κ2) is 8.45. The number of hydrogen-bond acceptors (Lipinski definition) is 2. The van der Waals surface area contributed by atoms with E-state index < -0.39 is 5.91 Å². The predicted octanol–water partition coefficient (Wildman–Crippen LogP) is 3.86. The molecule has 1 fully saturated rings. The zero-order chi connectivity index (χ0) is 17.5. The van der Waals surface area contributed by atoms with Crippen LogP contribution in [0.25, 0.3) is 12.2 Å². The van der Waals surface area contributed by atoms with Crippen LogP contribution in [0, 0.1) is 0 Å². The third kappa shape index (κ3) is 5.44. The molecular weight excluding hydrogens is 308 g/mol. The van der Waals surface area contributed by atoms with Crippen molar-refractivity contribution in [2.45, 2.75) is 19.4 Å². The average Bonchev–Trinajstić information content (AvgIpc) is 2.64. The van der Waals surface area contributed by atoms with E-state index >= 15 is 0 Å². The standard InChI is InChI=1S/C22H24N2O/c23-22(25)11-10-18-6-8-19(9-7-18)16-20-12-14-24(15-13-20)17-21-4-2-1-3-5-21/h1-11,16H,12-15,17H2,(H2,23,25)/b11-10+. The van der Waals surface area contributed by atoms with Gasteiger partial charge in [-0.3, -0.25) is 9.69 Å². The Morgan fingerprint density at radius 1 is 0.960 bits per heavy atom. The van der Waals surface area contributed by atoms with Gasteiger partial charge in [0.15, 0.2) is 0 Å². The van der Waals surface area contributed by atoms with Crippen molar-refractivity contribution >= 4 is 18.1 Å². The molecule has 0 atom stereocenters. The Hall–Kier alpha value is -2.65. The van der Waals surface area contributed by atoms with Gasteiger partial charge < -0.3 is 5.73 Å². The summed E-state index contributed by atoms with van der Waals surface area (Å²) in [5.41, 5.74) is 10.2. The van der Waals surface area contributed by atoms with Crippen LogP contribution in [0.5, 0.6) is 0 Å². The largest absolute Gasteiger partial charge is 0.366 e. The van der Waals surface area contributed by atoms with E-state index in [1.165, 1.54) is 22.8 Å². The third-order valence-corrected chi connectivity index (χ3v) is 4.49. The smallest absolute Gasteiger partial charge is 0.241 e. The number of primary amides is 1. The number of nitrogens with two attached hydrogens (primary N) is 1. The molecule has 1 saturated heterocycles. The van der Waals surface area contributed by atoms with Gasteiger partial charge in [-0.1, -0.05) is 66.2 Å². The lowest BCUT2D eigenvalue weighted by molar-refractivity contribution is -0.113. The van der Waals surface area contributed by atoms with Gasteiger partial charge >= 0.3 is 0 Å². The Bertz CT molecular complexity index is 750. The monoisotopic (exact) mass is 332 g/mol. The van der Waals surface area contributed by atoms with Gasteiger partial charge in [-0.2, -0.15) is 0 Å². The molecule has 0 bridgehead atoms. The lowest BCUT2D eigenvalue weighted by atomic mass is 10.00. The molecule has 2 N–H and O–H groups in total. The fraction of sp³-hybridized carbons (Fsp3) is 0.227. The molecule has 2 aromatic rings. The van der Waals surface area contributed by atoms with Crippen molar-refractivity contribution in [3.8, 4) is 0 Å². The van der Waals surface area contributed by atoms with Crippen LogP contribution in [0.2, 0.25) is 0 Å². The van der Waals surface area contributed by atoms with Crippen molar-refractivity contribution in [2.75, 3.05) is 13.1 Å². The van der Waals surface area contributed by atoms with Gasteiger partial charge in [-0.25, -0.2) is 0 Å². The Kier molecular flexibility index (Phi) is 5.81. The topological polar surface area (TPSA) is 46.3 Å². The number of benzene rings is 2. The fourth-order valence-corrected chi connectivity index (χ4v) is 3.10. The van der Waals surface area contributed by atoms with E-state index in [4.69, 9.17) is 5.73 Å². The minimum Gasteiger partial charge on any atom is -0.366 e. The Labute approximate surface area is 149 Å². The first-order valence-electron chi connectivity index (χ1n) is 8.72. The summed E-state index contributed by atoms with van der Waals surface area (Å²) >= 11 is 0. The molecule has 0 aromatic heterocycles. The summed E-state index contributed by atoms with van der Waals surface area (Å²) in [5.74, 6) is -0.423. The van der Waals surface area contributed by atoms with Gasteiger partial charge in [-0.05, 0) is 35.6 Å². The van der Waals surface area contributed by atoms with Crippen molar-refractivity contribution in [1.82, 2.24) is 4.90 Å². The molecule has 128 valence electrons. The number of hydrogen-bond donors (Lipinski definition) is 1. The number of carbonyl (C=O) groups excluding carboxylic acids is 1. The van der Waals surface area contributed by atoms with Crippen LogP contribution in [-0.4, -0.2) is 23.9 Å². The minimum atomic E-state index is -0.423. The van der Waals surface area contributed by atoms with Crippen LogP contribution in [0.1, 0.15) is 29.5 Å². The number of nitrogens with zero attached hydrogens (tertiary/aromatic N) is 1. The van der Waals surface area contributed by atoms with E-state index in [0.717, 1.165) is 38.0 Å². The first-order chi connectivity index (χ1) is 12.2. The van der Waals surface area contributed by atoms with Gasteiger partial charge in [0.1, 0.15) is 0 Å². The summed E-state index contributed by atoms with van der Waals surface area (Å²) in [6, 6.07) is 18.9. The minimum absolute atomic E-state index is 0.423. The van der Waals surface area contributed by atoms with E-state index in [9.17, 15) is 4.79 Å². The summed E-state index contributed by atoms with van der Waals surface area (Å²) in [6.45, 7) is 3.26. The first kappa shape index (κ1) is 17.2. The first-order valence-corrected chi connectivity index (χ1v) is 8.72. The molecule has 1 aliphatic rings. The molecule has 25 heavy (non-hydrogen) atoms. The average molecular weight is 332 g/mol. The Morgan fingerprint density at radius 2 is 1.60 bits per heavy atom. The molecule has 0 saturated carbocycles. The second-order valence-electron chi connectivity index (χ2n) is 6.47. The summed E-state index contributed by atoms with van der Waals surface area (Å²) in [4.78, 5) is 13.3. The van der Waals surface area contributed by atoms with Gasteiger partial charge in [0.05, 0.1) is 0 Å². The summed E-state index contributed by atoms with van der Waals surface area (Å²) in [7, 11) is 0. The van der Waals surface area contributed by atoms with Crippen LogP contribution < -0.4 is 5.73 Å². The van der Waals surface area contributed by atoms with Gasteiger partial charge in [0, 0.05) is 25.7 Å². The third-order valence-electron chi connectivity index (χ3n) is 4.49. The van der Waals surface area contributed by atoms with Crippen molar-refractivity contribution in [1.29, 1.82) is 0 Å². The SMILES string of the molecule is NC(=O)/C=C/c1ccc(C=C2CCN(Cc3ccccc3)CC2)cc1. The molecule has 0 radical (unpaired) electrons. The molecule has 0 aliphatic carbocycles. The summed E-state index contributed by atoms with van der Waals surface area (Å²) < 4.78 is 0. The van der Waals surface area contributed by atoms with Crippen LogP contribution in [0.3, 0.4) is 0 Å². The number of amides is 1. The van der Waals surface area contributed by atoms with Crippen molar-refractivity contribution in [3.05, 3.63) is 82.9 Å². The quantitative estimate of drug-likeness (QED) is 0.845. The molecule has 1 amide bonds. The summed E-state index contributed by atoms with van der Waals surface area (Å²) in [5, 5.41) is 0. The summed E-state index contributed by atoms with van der Waals surface area (Å²) in [6.07, 6.45) is 7.66. The molecule has 2 aromatic carbocycles. The molecule has 0 spiro atoms. The molecule has 3 rings (SSSR count). The molecule has 3 heteroatoms. The highest BCUT2D eigenvalue weighted by atomic mass is 16.1. The lowest BCUT2D eigenvalue weighted by Crippen LogP contribution is -2.30. The van der Waals surface area contributed by atoms with E-state index in [0.29, 0.717) is 0 Å². The van der Waals surface area contributed by atoms with Crippen molar-refractivity contribution < 1.29 is 4.79 Å². The van der Waals surface area contributed by atoms with E-state index in [1.807, 2.05) is 12.1 Å². The number of carbonyl (C=O) groups is 1. The molecule has 1 aliphatic heterocycles. The van der Waals surface area contributed by atoms with Crippen LogP contribution >= 0.6 is 0 Å². The van der Waals surface area contributed by atoms with Crippen LogP contribution in [0.15, 0.2) is 66.2 Å². The zero-order valence-electron chi connectivity index (χ0n) is 14.4. The van der Waals surface area contributed by atoms with Gasteiger partial charge in [0.25, 0.3) is 0 Å². The predicted molar refractivity (Wildman–Crippen MR) is 104 cm³/mol. The van der Waals surface area contributed by atoms with E-state index in [1.54, 1.807) is 6.08 Å². The maximum atomic E-state index is 10.8. The Morgan fingerprint density at radius 3 is 2.24 bits per heavy atom. The number of rotatable bonds is 5. The van der Waals surface area contributed by atoms with Gasteiger partial charge in [-0.15, -0.1) is 0 Å². The molecule has 1 heterocycles. The maximum Gasteiger partial charge on any atom is 0.241 e. The van der Waals surface area contributed by atoms with Gasteiger partial charge in [0.2, 0.25) is 5.91 Å². The molecular formula is C22H24N2O. The van der Waals surface area contributed by atoms with Crippen LogP contribution in [0.4, 0.5) is 0 Å². The maximum absolute atomic E-state index is 10.8. The normalized spacial score (nSPS) is 15.4. The fourth-order valence-electron chi connectivity index (χ4n) is 3.10. The highest BCUT2D eigenvalue weighted by molar-refractivity contribution is 5.90. The molecule has 3 nitrogen and oxygen atoms in total. The van der Waals surface area contributed by atoms with Crippen LogP contribution in [-0.2, 0) is 11.3 Å². The van der Waals surface area contributed by atoms with E-state index in [2.05, 4.69) is 53.4 Å². The number of likely N-dealkylation sites (tertiary alicyclic amines) is 1. The lowest BCUT2D eigenvalue weighted by Gasteiger charge is -2.28. The number of piperidine rings is 1. The highest BCUT2D eigenvalue weighted by Gasteiger charge is 2.13. The second-order valence-corrected chi connectivity index (χ2v) is 6.47. The zero-order valence-corrected chi connectivity index (χ0v) is 14.4. The Balaban J connectivity index is 1.54. The van der Waals surface area contributed by atoms with E-state index in [-0.39, 0.29) is 0 Å².